The first-order valence-electron chi connectivity index (χ1n) is 8.56. The number of nitrogens with zero attached hydrogens (tertiary/aromatic N) is 3. The molecule has 1 aromatic carbocycles. The standard InChI is InChI=1S/C19H22N4O.ClH/c1-13-20-17-11-16(14-7-3-2-4-8-14)22-18(17)19(21-13)23-10-6-5-9-15(23)12-24;/h2-4,7-8,11,15,22,24H,5-6,9-10,12H2,1H3;1H. The van der Waals surface area contributed by atoms with Crippen molar-refractivity contribution in [2.75, 3.05) is 18.1 Å². The Kier molecular flexibility index (Phi) is 5.25. The lowest BCUT2D eigenvalue weighted by Gasteiger charge is -2.35. The van der Waals surface area contributed by atoms with Crippen LogP contribution in [0.1, 0.15) is 25.1 Å². The first-order chi connectivity index (χ1) is 11.8. The molecule has 6 heteroatoms. The van der Waals surface area contributed by atoms with Crippen molar-refractivity contribution < 1.29 is 5.11 Å². The Morgan fingerprint density at radius 3 is 2.76 bits per heavy atom. The molecular formula is C19H23ClN4O. The van der Waals surface area contributed by atoms with E-state index in [-0.39, 0.29) is 25.1 Å². The van der Waals surface area contributed by atoms with E-state index >= 15 is 0 Å². The van der Waals surface area contributed by atoms with Crippen LogP contribution in [0.4, 0.5) is 5.82 Å². The molecule has 1 atom stereocenters. The SMILES string of the molecule is Cc1nc(N2CCCCC2CO)c2[nH]c(-c3ccccc3)cc2n1.Cl. The van der Waals surface area contributed by atoms with Crippen LogP contribution in [0, 0.1) is 6.92 Å². The first kappa shape index (κ1) is 17.7. The van der Waals surface area contributed by atoms with E-state index in [2.05, 4.69) is 33.1 Å². The monoisotopic (exact) mass is 358 g/mol. The molecule has 3 aromatic rings. The quantitative estimate of drug-likeness (QED) is 0.749. The molecule has 0 amide bonds. The van der Waals surface area contributed by atoms with E-state index in [1.165, 1.54) is 0 Å². The topological polar surface area (TPSA) is 65.0 Å². The molecule has 1 saturated heterocycles. The summed E-state index contributed by atoms with van der Waals surface area (Å²) in [5, 5.41) is 9.75. The molecular weight excluding hydrogens is 336 g/mol. The summed E-state index contributed by atoms with van der Waals surface area (Å²) in [6.45, 7) is 3.02. The molecule has 4 rings (SSSR count). The highest BCUT2D eigenvalue weighted by molar-refractivity contribution is 5.91. The number of rotatable bonds is 3. The number of aryl methyl sites for hydroxylation is 1. The van der Waals surface area contributed by atoms with Gasteiger partial charge in [0.2, 0.25) is 0 Å². The number of halogens is 1. The zero-order chi connectivity index (χ0) is 16.5. The van der Waals surface area contributed by atoms with Gasteiger partial charge in [-0.2, -0.15) is 0 Å². The second kappa shape index (κ2) is 7.42. The summed E-state index contributed by atoms with van der Waals surface area (Å²) in [5.74, 6) is 1.68. The summed E-state index contributed by atoms with van der Waals surface area (Å²) < 4.78 is 0. The Bertz CT molecular complexity index is 849. The van der Waals surface area contributed by atoms with Crippen LogP contribution in [0.3, 0.4) is 0 Å². The molecule has 5 nitrogen and oxygen atoms in total. The van der Waals surface area contributed by atoms with Crippen molar-refractivity contribution in [3.8, 4) is 11.3 Å². The first-order valence-corrected chi connectivity index (χ1v) is 8.56. The Balaban J connectivity index is 0.00000182. The molecule has 1 aliphatic heterocycles. The van der Waals surface area contributed by atoms with Gasteiger partial charge in [-0.1, -0.05) is 30.3 Å². The van der Waals surface area contributed by atoms with Crippen LogP contribution < -0.4 is 4.90 Å². The fourth-order valence-electron chi connectivity index (χ4n) is 3.56. The van der Waals surface area contributed by atoms with Gasteiger partial charge < -0.3 is 15.0 Å². The van der Waals surface area contributed by atoms with Gasteiger partial charge in [0, 0.05) is 12.2 Å². The van der Waals surface area contributed by atoms with Crippen molar-refractivity contribution in [1.82, 2.24) is 15.0 Å². The number of aliphatic hydroxyl groups excluding tert-OH is 1. The van der Waals surface area contributed by atoms with Crippen LogP contribution in [0.15, 0.2) is 36.4 Å². The van der Waals surface area contributed by atoms with Crippen molar-refractivity contribution in [2.24, 2.45) is 0 Å². The molecule has 25 heavy (non-hydrogen) atoms. The smallest absolute Gasteiger partial charge is 0.157 e. The Labute approximate surface area is 153 Å². The third kappa shape index (κ3) is 3.34. The van der Waals surface area contributed by atoms with Gasteiger partial charge in [-0.3, -0.25) is 0 Å². The third-order valence-electron chi connectivity index (χ3n) is 4.77. The minimum Gasteiger partial charge on any atom is -0.394 e. The number of nitrogens with one attached hydrogen (secondary N) is 1. The van der Waals surface area contributed by atoms with E-state index in [4.69, 9.17) is 4.98 Å². The molecule has 0 aliphatic carbocycles. The van der Waals surface area contributed by atoms with Crippen LogP contribution in [-0.2, 0) is 0 Å². The summed E-state index contributed by atoms with van der Waals surface area (Å²) >= 11 is 0. The minimum absolute atomic E-state index is 0. The maximum atomic E-state index is 9.75. The third-order valence-corrected chi connectivity index (χ3v) is 4.77. The van der Waals surface area contributed by atoms with Crippen LogP contribution in [0.25, 0.3) is 22.3 Å². The fourth-order valence-corrected chi connectivity index (χ4v) is 3.56. The van der Waals surface area contributed by atoms with Gasteiger partial charge in [0.15, 0.2) is 5.82 Å². The zero-order valence-electron chi connectivity index (χ0n) is 14.3. The lowest BCUT2D eigenvalue weighted by molar-refractivity contribution is 0.239. The number of benzene rings is 1. The van der Waals surface area contributed by atoms with Gasteiger partial charge in [0.05, 0.1) is 18.2 Å². The van der Waals surface area contributed by atoms with E-state index in [9.17, 15) is 5.11 Å². The number of aromatic amines is 1. The van der Waals surface area contributed by atoms with Gasteiger partial charge in [0.25, 0.3) is 0 Å². The van der Waals surface area contributed by atoms with Crippen molar-refractivity contribution in [2.45, 2.75) is 32.2 Å². The summed E-state index contributed by atoms with van der Waals surface area (Å²) in [4.78, 5) is 15.0. The predicted octanol–water partition coefficient (Wildman–Crippen LogP) is 3.71. The number of aromatic nitrogens is 3. The van der Waals surface area contributed by atoms with E-state index in [1.54, 1.807) is 0 Å². The van der Waals surface area contributed by atoms with Crippen LogP contribution in [0.5, 0.6) is 0 Å². The average molecular weight is 359 g/mol. The highest BCUT2D eigenvalue weighted by Crippen LogP contribution is 2.31. The lowest BCUT2D eigenvalue weighted by atomic mass is 10.0. The molecule has 3 heterocycles. The molecule has 1 aliphatic rings. The largest absolute Gasteiger partial charge is 0.394 e. The molecule has 0 bridgehead atoms. The lowest BCUT2D eigenvalue weighted by Crippen LogP contribution is -2.42. The van der Waals surface area contributed by atoms with E-state index in [1.807, 2.05) is 25.1 Å². The highest BCUT2D eigenvalue weighted by atomic mass is 35.5. The van der Waals surface area contributed by atoms with Gasteiger partial charge >= 0.3 is 0 Å². The van der Waals surface area contributed by atoms with Crippen molar-refractivity contribution in [1.29, 1.82) is 0 Å². The van der Waals surface area contributed by atoms with Crippen molar-refractivity contribution in [3.63, 3.8) is 0 Å². The Hall–Kier alpha value is -2.11. The molecule has 0 spiro atoms. The number of hydrogen-bond donors (Lipinski definition) is 2. The number of piperidine rings is 1. The summed E-state index contributed by atoms with van der Waals surface area (Å²) in [5.41, 5.74) is 4.07. The van der Waals surface area contributed by atoms with E-state index in [0.29, 0.717) is 0 Å². The summed E-state index contributed by atoms with van der Waals surface area (Å²) in [6.07, 6.45) is 3.30. The van der Waals surface area contributed by atoms with Crippen molar-refractivity contribution >= 4 is 29.3 Å². The van der Waals surface area contributed by atoms with Crippen LogP contribution in [0.2, 0.25) is 0 Å². The van der Waals surface area contributed by atoms with Gasteiger partial charge in [0.1, 0.15) is 11.3 Å². The summed E-state index contributed by atoms with van der Waals surface area (Å²) in [6, 6.07) is 12.5. The minimum atomic E-state index is 0. The average Bonchev–Trinajstić information content (AvgIpc) is 3.05. The second-order valence-corrected chi connectivity index (χ2v) is 6.43. The normalized spacial score (nSPS) is 17.5. The molecule has 132 valence electrons. The number of aliphatic hydroxyl groups is 1. The number of fused-ring (bicyclic) bond motifs is 1. The maximum Gasteiger partial charge on any atom is 0.157 e. The second-order valence-electron chi connectivity index (χ2n) is 6.43. The summed E-state index contributed by atoms with van der Waals surface area (Å²) in [7, 11) is 0. The van der Waals surface area contributed by atoms with Gasteiger partial charge in [-0.15, -0.1) is 12.4 Å². The fraction of sp³-hybridized carbons (Fsp3) is 0.368. The molecule has 1 unspecified atom stereocenters. The molecule has 0 saturated carbocycles. The molecule has 2 N–H and O–H groups in total. The highest BCUT2D eigenvalue weighted by Gasteiger charge is 2.25. The molecule has 1 fully saturated rings. The van der Waals surface area contributed by atoms with Gasteiger partial charge in [-0.05, 0) is 37.8 Å². The van der Waals surface area contributed by atoms with E-state index < -0.39 is 0 Å². The van der Waals surface area contributed by atoms with Crippen LogP contribution >= 0.6 is 12.4 Å². The van der Waals surface area contributed by atoms with Gasteiger partial charge in [-0.25, -0.2) is 9.97 Å². The Morgan fingerprint density at radius 1 is 1.20 bits per heavy atom. The predicted molar refractivity (Wildman–Crippen MR) is 103 cm³/mol. The van der Waals surface area contributed by atoms with E-state index in [0.717, 1.165) is 59.7 Å². The molecule has 2 aromatic heterocycles. The van der Waals surface area contributed by atoms with Crippen LogP contribution in [-0.4, -0.2) is 39.3 Å². The Morgan fingerprint density at radius 2 is 2.00 bits per heavy atom. The number of anilines is 1. The number of hydrogen-bond acceptors (Lipinski definition) is 4. The van der Waals surface area contributed by atoms with Crippen molar-refractivity contribution in [3.05, 3.63) is 42.2 Å². The molecule has 0 radical (unpaired) electrons. The number of H-pyrrole nitrogens is 1. The maximum absolute atomic E-state index is 9.75. The zero-order valence-corrected chi connectivity index (χ0v) is 15.1.